The van der Waals surface area contributed by atoms with Gasteiger partial charge in [-0.15, -0.1) is 0 Å². The highest BCUT2D eigenvalue weighted by molar-refractivity contribution is 5.78. The maximum absolute atomic E-state index is 14.4. The summed E-state index contributed by atoms with van der Waals surface area (Å²) in [6.07, 6.45) is -1.81. The zero-order valence-electron chi connectivity index (χ0n) is 12.6. The number of benzene rings is 2. The molecule has 0 radical (unpaired) electrons. The van der Waals surface area contributed by atoms with Crippen molar-refractivity contribution in [2.75, 3.05) is 0 Å². The van der Waals surface area contributed by atoms with Gasteiger partial charge in [-0.25, -0.2) is 8.78 Å². The number of ether oxygens (including phenoxy) is 2. The van der Waals surface area contributed by atoms with Crippen molar-refractivity contribution in [3.05, 3.63) is 58.7 Å². The van der Waals surface area contributed by atoms with Gasteiger partial charge in [0, 0.05) is 11.1 Å². The van der Waals surface area contributed by atoms with Crippen LogP contribution in [0.4, 0.5) is 26.3 Å². The summed E-state index contributed by atoms with van der Waals surface area (Å²) in [7, 11) is 0. The first kappa shape index (κ1) is 19.6. The Morgan fingerprint density at radius 2 is 1.50 bits per heavy atom. The van der Waals surface area contributed by atoms with Crippen LogP contribution in [0.5, 0.6) is 11.5 Å². The molecule has 0 aromatic heterocycles. The first-order valence-corrected chi connectivity index (χ1v) is 6.89. The topological polar surface area (TPSA) is 55.8 Å². The number of alkyl halides is 4. The number of hydrogen-bond donors (Lipinski definition) is 1. The summed E-state index contributed by atoms with van der Waals surface area (Å²) in [4.78, 5) is 11.0. The van der Waals surface area contributed by atoms with Gasteiger partial charge >= 0.3 is 13.2 Å². The van der Waals surface area contributed by atoms with Crippen molar-refractivity contribution in [1.29, 1.82) is 0 Å². The minimum atomic E-state index is -3.36. The third-order valence-corrected chi connectivity index (χ3v) is 3.28. The van der Waals surface area contributed by atoms with Crippen molar-refractivity contribution in [2.45, 2.75) is 19.3 Å². The number of halogens is 6. The molecule has 0 spiro atoms. The molecule has 0 amide bonds. The smallest absolute Gasteiger partial charge is 0.387 e. The first-order valence-electron chi connectivity index (χ1n) is 6.89. The molecule has 26 heavy (non-hydrogen) atoms. The third kappa shape index (κ3) is 4.26. The molecule has 2 aromatic rings. The highest BCUT2D eigenvalue weighted by Gasteiger charge is 2.25. The highest BCUT2D eigenvalue weighted by Crippen LogP contribution is 2.34. The van der Waals surface area contributed by atoms with Crippen LogP contribution >= 0.6 is 0 Å². The Labute approximate surface area is 142 Å². The zero-order chi connectivity index (χ0) is 19.4. The van der Waals surface area contributed by atoms with Crippen molar-refractivity contribution in [3.8, 4) is 11.5 Å². The second kappa shape index (κ2) is 8.09. The Balaban J connectivity index is 2.46. The lowest BCUT2D eigenvalue weighted by molar-refractivity contribution is -0.0530. The van der Waals surface area contributed by atoms with Crippen LogP contribution in [0.25, 0.3) is 0 Å². The summed E-state index contributed by atoms with van der Waals surface area (Å²) < 4.78 is 84.8. The van der Waals surface area contributed by atoms with E-state index >= 15 is 0 Å². The molecular formula is C16H10F6O4. The quantitative estimate of drug-likeness (QED) is 0.582. The van der Waals surface area contributed by atoms with Gasteiger partial charge in [-0.05, 0) is 29.8 Å². The van der Waals surface area contributed by atoms with Crippen molar-refractivity contribution in [1.82, 2.24) is 0 Å². The van der Waals surface area contributed by atoms with E-state index in [0.717, 1.165) is 24.3 Å². The van der Waals surface area contributed by atoms with Gasteiger partial charge in [-0.1, -0.05) is 6.07 Å². The van der Waals surface area contributed by atoms with E-state index in [1.54, 1.807) is 0 Å². The van der Waals surface area contributed by atoms with Gasteiger partial charge in [-0.2, -0.15) is 17.6 Å². The number of aldehydes is 1. The van der Waals surface area contributed by atoms with Crippen LogP contribution < -0.4 is 9.47 Å². The fraction of sp³-hybridized carbons (Fsp3) is 0.188. The van der Waals surface area contributed by atoms with E-state index in [4.69, 9.17) is 0 Å². The second-order valence-corrected chi connectivity index (χ2v) is 4.85. The fourth-order valence-electron chi connectivity index (χ4n) is 2.20. The molecular weight excluding hydrogens is 370 g/mol. The Morgan fingerprint density at radius 1 is 0.923 bits per heavy atom. The standard InChI is InChI=1S/C16H10F6O4/c17-9-5-7(1-3-10(9)25-15(19)20)14(24)12-8(6-23)2-4-11(13(12)18)26-16(21)22/h1-6,14-16,24H. The largest absolute Gasteiger partial charge is 0.432 e. The molecule has 1 N–H and O–H groups in total. The molecule has 10 heteroatoms. The Kier molecular flexibility index (Phi) is 6.09. The predicted molar refractivity (Wildman–Crippen MR) is 75.5 cm³/mol. The maximum atomic E-state index is 14.4. The van der Waals surface area contributed by atoms with Crippen LogP contribution in [-0.4, -0.2) is 24.6 Å². The number of carbonyl (C=O) groups is 1. The molecule has 0 aliphatic heterocycles. The van der Waals surface area contributed by atoms with Gasteiger partial charge in [0.25, 0.3) is 0 Å². The monoisotopic (exact) mass is 380 g/mol. The predicted octanol–water partition coefficient (Wildman–Crippen LogP) is 4.06. The minimum Gasteiger partial charge on any atom is -0.432 e. The molecule has 0 saturated carbocycles. The molecule has 1 atom stereocenters. The van der Waals surface area contributed by atoms with E-state index in [0.29, 0.717) is 6.07 Å². The first-order chi connectivity index (χ1) is 12.2. The number of aliphatic hydroxyl groups excluding tert-OH is 1. The summed E-state index contributed by atoms with van der Waals surface area (Å²) >= 11 is 0. The Morgan fingerprint density at radius 3 is 2.04 bits per heavy atom. The molecule has 2 aromatic carbocycles. The minimum absolute atomic E-state index is 0.151. The van der Waals surface area contributed by atoms with Gasteiger partial charge in [0.2, 0.25) is 0 Å². The molecule has 140 valence electrons. The summed E-state index contributed by atoms with van der Waals surface area (Å²) in [5.74, 6) is -4.48. The molecule has 4 nitrogen and oxygen atoms in total. The maximum Gasteiger partial charge on any atom is 0.387 e. The zero-order valence-corrected chi connectivity index (χ0v) is 12.6. The van der Waals surface area contributed by atoms with E-state index in [2.05, 4.69) is 9.47 Å². The summed E-state index contributed by atoms with van der Waals surface area (Å²) in [5.41, 5.74) is -1.47. The SMILES string of the molecule is O=Cc1ccc(OC(F)F)c(F)c1C(O)c1ccc(OC(F)F)c(F)c1. The molecule has 0 heterocycles. The van der Waals surface area contributed by atoms with Crippen molar-refractivity contribution in [3.63, 3.8) is 0 Å². The van der Waals surface area contributed by atoms with Gasteiger partial charge < -0.3 is 14.6 Å². The molecule has 0 bridgehead atoms. The molecule has 2 rings (SSSR count). The molecule has 0 fully saturated rings. The van der Waals surface area contributed by atoms with E-state index < -0.39 is 53.6 Å². The van der Waals surface area contributed by atoms with Crippen molar-refractivity contribution >= 4 is 6.29 Å². The van der Waals surface area contributed by atoms with Crippen LogP contribution in [0.1, 0.15) is 27.6 Å². The summed E-state index contributed by atoms with van der Waals surface area (Å²) in [5, 5.41) is 10.2. The van der Waals surface area contributed by atoms with E-state index in [1.807, 2.05) is 0 Å². The van der Waals surface area contributed by atoms with Gasteiger partial charge in [0.15, 0.2) is 29.4 Å². The van der Waals surface area contributed by atoms with Crippen molar-refractivity contribution in [2.24, 2.45) is 0 Å². The van der Waals surface area contributed by atoms with Crippen LogP contribution in [-0.2, 0) is 0 Å². The Hall–Kier alpha value is -2.75. The van der Waals surface area contributed by atoms with E-state index in [1.165, 1.54) is 0 Å². The number of aliphatic hydroxyl groups is 1. The highest BCUT2D eigenvalue weighted by atomic mass is 19.3. The number of rotatable bonds is 7. The Bertz CT molecular complexity index is 797. The van der Waals surface area contributed by atoms with Crippen LogP contribution in [0.3, 0.4) is 0 Å². The van der Waals surface area contributed by atoms with Crippen LogP contribution in [0, 0.1) is 11.6 Å². The van der Waals surface area contributed by atoms with Gasteiger partial charge in [0.1, 0.15) is 6.10 Å². The molecule has 0 aliphatic carbocycles. The lowest BCUT2D eigenvalue weighted by Gasteiger charge is -2.17. The lowest BCUT2D eigenvalue weighted by Crippen LogP contribution is -2.11. The molecule has 0 aliphatic rings. The van der Waals surface area contributed by atoms with Crippen LogP contribution in [0.15, 0.2) is 30.3 Å². The van der Waals surface area contributed by atoms with Crippen molar-refractivity contribution < 1.29 is 45.7 Å². The van der Waals surface area contributed by atoms with E-state index in [-0.39, 0.29) is 11.8 Å². The van der Waals surface area contributed by atoms with Gasteiger partial charge in [-0.3, -0.25) is 4.79 Å². The fourth-order valence-corrected chi connectivity index (χ4v) is 2.20. The summed E-state index contributed by atoms with van der Waals surface area (Å²) in [6, 6.07) is 3.98. The van der Waals surface area contributed by atoms with Gasteiger partial charge in [0.05, 0.1) is 0 Å². The second-order valence-electron chi connectivity index (χ2n) is 4.85. The lowest BCUT2D eigenvalue weighted by atomic mass is 9.96. The molecule has 0 saturated heterocycles. The normalized spacial score (nSPS) is 12.3. The average molecular weight is 380 g/mol. The number of carbonyl (C=O) groups excluding carboxylic acids is 1. The summed E-state index contributed by atoms with van der Waals surface area (Å²) in [6.45, 7) is -6.65. The van der Waals surface area contributed by atoms with E-state index in [9.17, 15) is 36.2 Å². The number of hydrogen-bond acceptors (Lipinski definition) is 4. The average Bonchev–Trinajstić information content (AvgIpc) is 2.57. The van der Waals surface area contributed by atoms with Crippen LogP contribution in [0.2, 0.25) is 0 Å². The molecule has 1 unspecified atom stereocenters. The third-order valence-electron chi connectivity index (χ3n) is 3.28.